The van der Waals surface area contributed by atoms with E-state index in [2.05, 4.69) is 17.5 Å². The van der Waals surface area contributed by atoms with Crippen LogP contribution in [0.3, 0.4) is 0 Å². The quantitative estimate of drug-likeness (QED) is 0.682. The molecule has 0 aliphatic heterocycles. The van der Waals surface area contributed by atoms with E-state index in [0.29, 0.717) is 5.92 Å². The molecule has 0 amide bonds. The van der Waals surface area contributed by atoms with Crippen LogP contribution in [0.2, 0.25) is 0 Å². The Bertz CT molecular complexity index is 217. The van der Waals surface area contributed by atoms with Crippen molar-refractivity contribution < 1.29 is 5.11 Å². The Morgan fingerprint density at radius 2 is 2.36 bits per heavy atom. The van der Waals surface area contributed by atoms with Crippen LogP contribution in [0.15, 0.2) is 17.5 Å². The lowest BCUT2D eigenvalue weighted by molar-refractivity contribution is 0.165. The van der Waals surface area contributed by atoms with E-state index in [1.54, 1.807) is 11.3 Å². The second kappa shape index (κ2) is 2.95. The van der Waals surface area contributed by atoms with E-state index in [9.17, 15) is 5.11 Å². The molecule has 1 aromatic heterocycles. The number of rotatable bonds is 1. The third-order valence-corrected chi connectivity index (χ3v) is 3.39. The summed E-state index contributed by atoms with van der Waals surface area (Å²) in [6, 6.07) is 4.19. The van der Waals surface area contributed by atoms with Gasteiger partial charge in [0.05, 0.1) is 6.10 Å². The highest BCUT2D eigenvalue weighted by Crippen LogP contribution is 2.36. The van der Waals surface area contributed by atoms with Gasteiger partial charge in [0.2, 0.25) is 0 Å². The third-order valence-electron chi connectivity index (χ3n) is 2.39. The minimum atomic E-state index is -0.0753. The molecule has 1 aliphatic rings. The molecule has 1 nitrogen and oxygen atoms in total. The van der Waals surface area contributed by atoms with Crippen molar-refractivity contribution in [2.24, 2.45) is 0 Å². The molecular weight excluding hydrogens is 156 g/mol. The molecule has 1 saturated carbocycles. The number of hydrogen-bond acceptors (Lipinski definition) is 2. The maximum absolute atomic E-state index is 9.57. The van der Waals surface area contributed by atoms with E-state index in [-0.39, 0.29) is 6.10 Å². The average Bonchev–Trinajstić information content (AvgIpc) is 2.55. The summed E-state index contributed by atoms with van der Waals surface area (Å²) in [7, 11) is 0. The van der Waals surface area contributed by atoms with Crippen LogP contribution in [0.1, 0.15) is 30.1 Å². The fourth-order valence-corrected chi connectivity index (χ4v) is 2.70. The molecule has 0 saturated heterocycles. The van der Waals surface area contributed by atoms with Gasteiger partial charge in [-0.2, -0.15) is 0 Å². The molecule has 2 heteroatoms. The molecule has 1 N–H and O–H groups in total. The fraction of sp³-hybridized carbons (Fsp3) is 0.556. The first kappa shape index (κ1) is 7.32. The standard InChI is InChI=1S/C9H12OS/c10-8-4-1-3-7(8)9-5-2-6-11-9/h2,5-8,10H,1,3-4H2/t7-,8+/m0/s1. The zero-order valence-electron chi connectivity index (χ0n) is 6.36. The van der Waals surface area contributed by atoms with Crippen LogP contribution in [0, 0.1) is 0 Å². The molecule has 0 bridgehead atoms. The zero-order valence-corrected chi connectivity index (χ0v) is 7.18. The van der Waals surface area contributed by atoms with Crippen molar-refractivity contribution in [2.75, 3.05) is 0 Å². The van der Waals surface area contributed by atoms with Crippen LogP contribution in [-0.2, 0) is 0 Å². The van der Waals surface area contributed by atoms with Gasteiger partial charge in [0.15, 0.2) is 0 Å². The van der Waals surface area contributed by atoms with E-state index in [0.717, 1.165) is 6.42 Å². The largest absolute Gasteiger partial charge is 0.392 e. The minimum absolute atomic E-state index is 0.0753. The first-order valence-corrected chi connectivity index (χ1v) is 4.97. The van der Waals surface area contributed by atoms with Crippen LogP contribution in [0.25, 0.3) is 0 Å². The van der Waals surface area contributed by atoms with Crippen LogP contribution in [0.4, 0.5) is 0 Å². The Labute approximate surface area is 70.7 Å². The van der Waals surface area contributed by atoms with Crippen LogP contribution in [0.5, 0.6) is 0 Å². The van der Waals surface area contributed by atoms with Crippen molar-refractivity contribution in [1.82, 2.24) is 0 Å². The molecule has 0 aromatic carbocycles. The lowest BCUT2D eigenvalue weighted by atomic mass is 10.0. The van der Waals surface area contributed by atoms with E-state index >= 15 is 0 Å². The summed E-state index contributed by atoms with van der Waals surface area (Å²) in [5, 5.41) is 11.7. The summed E-state index contributed by atoms with van der Waals surface area (Å²) < 4.78 is 0. The highest BCUT2D eigenvalue weighted by molar-refractivity contribution is 7.10. The van der Waals surface area contributed by atoms with Crippen LogP contribution < -0.4 is 0 Å². The number of hydrogen-bond donors (Lipinski definition) is 1. The van der Waals surface area contributed by atoms with E-state index in [1.807, 2.05) is 0 Å². The molecule has 0 spiro atoms. The molecule has 1 aromatic rings. The molecule has 0 radical (unpaired) electrons. The van der Waals surface area contributed by atoms with Crippen molar-refractivity contribution in [3.63, 3.8) is 0 Å². The maximum Gasteiger partial charge on any atom is 0.0616 e. The van der Waals surface area contributed by atoms with Crippen molar-refractivity contribution >= 4 is 11.3 Å². The molecule has 1 heterocycles. The molecule has 2 atom stereocenters. The Morgan fingerprint density at radius 3 is 2.91 bits per heavy atom. The molecule has 1 fully saturated rings. The van der Waals surface area contributed by atoms with Gasteiger partial charge in [-0.1, -0.05) is 12.5 Å². The predicted octanol–water partition coefficient (Wildman–Crippen LogP) is 2.38. The van der Waals surface area contributed by atoms with Gasteiger partial charge >= 0.3 is 0 Å². The van der Waals surface area contributed by atoms with Gasteiger partial charge in [0.25, 0.3) is 0 Å². The first-order chi connectivity index (χ1) is 5.38. The van der Waals surface area contributed by atoms with Crippen molar-refractivity contribution in [3.05, 3.63) is 22.4 Å². The summed E-state index contributed by atoms with van der Waals surface area (Å²) >= 11 is 1.76. The molecule has 2 rings (SSSR count). The summed E-state index contributed by atoms with van der Waals surface area (Å²) in [6.07, 6.45) is 3.27. The van der Waals surface area contributed by atoms with Gasteiger partial charge in [-0.25, -0.2) is 0 Å². The lowest BCUT2D eigenvalue weighted by Gasteiger charge is -2.11. The highest BCUT2D eigenvalue weighted by atomic mass is 32.1. The lowest BCUT2D eigenvalue weighted by Crippen LogP contribution is -2.09. The third kappa shape index (κ3) is 1.33. The van der Waals surface area contributed by atoms with Gasteiger partial charge in [-0.15, -0.1) is 11.3 Å². The highest BCUT2D eigenvalue weighted by Gasteiger charge is 2.26. The summed E-state index contributed by atoms with van der Waals surface area (Å²) in [6.45, 7) is 0. The summed E-state index contributed by atoms with van der Waals surface area (Å²) in [5.74, 6) is 0.440. The van der Waals surface area contributed by atoms with Crippen LogP contribution in [-0.4, -0.2) is 11.2 Å². The number of thiophene rings is 1. The molecule has 11 heavy (non-hydrogen) atoms. The minimum Gasteiger partial charge on any atom is -0.392 e. The van der Waals surface area contributed by atoms with Gasteiger partial charge in [0, 0.05) is 10.8 Å². The summed E-state index contributed by atoms with van der Waals surface area (Å²) in [5.41, 5.74) is 0. The molecule has 60 valence electrons. The van der Waals surface area contributed by atoms with E-state index in [4.69, 9.17) is 0 Å². The number of aliphatic hydroxyl groups excluding tert-OH is 1. The molecule has 0 unspecified atom stereocenters. The summed E-state index contributed by atoms with van der Waals surface area (Å²) in [4.78, 5) is 1.36. The molecule has 1 aliphatic carbocycles. The second-order valence-electron chi connectivity index (χ2n) is 3.12. The average molecular weight is 168 g/mol. The Kier molecular flexibility index (Phi) is 1.96. The SMILES string of the molecule is O[C@@H]1CCC[C@@H]1c1cccs1. The number of aliphatic hydroxyl groups is 1. The maximum atomic E-state index is 9.57. The van der Waals surface area contributed by atoms with Gasteiger partial charge in [0.1, 0.15) is 0 Å². The van der Waals surface area contributed by atoms with Gasteiger partial charge < -0.3 is 5.11 Å². The van der Waals surface area contributed by atoms with E-state index in [1.165, 1.54) is 17.7 Å². The van der Waals surface area contributed by atoms with Crippen molar-refractivity contribution in [3.8, 4) is 0 Å². The van der Waals surface area contributed by atoms with Crippen molar-refractivity contribution in [2.45, 2.75) is 31.3 Å². The predicted molar refractivity (Wildman–Crippen MR) is 46.9 cm³/mol. The monoisotopic (exact) mass is 168 g/mol. The molecular formula is C9H12OS. The van der Waals surface area contributed by atoms with Gasteiger partial charge in [-0.3, -0.25) is 0 Å². The van der Waals surface area contributed by atoms with Crippen molar-refractivity contribution in [1.29, 1.82) is 0 Å². The Morgan fingerprint density at radius 1 is 1.45 bits per heavy atom. The first-order valence-electron chi connectivity index (χ1n) is 4.09. The van der Waals surface area contributed by atoms with E-state index < -0.39 is 0 Å². The Balaban J connectivity index is 2.16. The van der Waals surface area contributed by atoms with Gasteiger partial charge in [-0.05, 0) is 24.3 Å². The smallest absolute Gasteiger partial charge is 0.0616 e. The topological polar surface area (TPSA) is 20.2 Å². The second-order valence-corrected chi connectivity index (χ2v) is 4.10. The normalized spacial score (nSPS) is 31.0. The Hall–Kier alpha value is -0.340. The zero-order chi connectivity index (χ0) is 7.68. The fourth-order valence-electron chi connectivity index (χ4n) is 1.77. The van der Waals surface area contributed by atoms with Crippen LogP contribution >= 0.6 is 11.3 Å².